The lowest BCUT2D eigenvalue weighted by Gasteiger charge is -2.34. The molecule has 1 atom stereocenters. The van der Waals surface area contributed by atoms with E-state index in [0.717, 1.165) is 12.1 Å². The lowest BCUT2D eigenvalue weighted by Crippen LogP contribution is -2.47. The van der Waals surface area contributed by atoms with E-state index in [9.17, 15) is 27.2 Å². The number of ether oxygens (including phenoxy) is 1. The van der Waals surface area contributed by atoms with Gasteiger partial charge in [-0.15, -0.1) is 0 Å². The number of nitrogens with zero attached hydrogens (tertiary/aromatic N) is 3. The number of rotatable bonds is 4. The lowest BCUT2D eigenvalue weighted by molar-refractivity contribution is -0.137. The molecule has 1 fully saturated rings. The third-order valence-electron chi connectivity index (χ3n) is 6.03. The van der Waals surface area contributed by atoms with Crippen molar-refractivity contribution in [2.24, 2.45) is 5.73 Å². The number of anilines is 1. The standard InChI is InChI=1S/C26H27F4N5O3/c1-25(2,3)38-24(37)35-8-4-5-16(12-35)34-23-19-10-14(9-18(22(31)36)21(19)32-13-33-23)17-7-6-15(11-20(17)27)26(28,29)30/h6-7,9-11,13,16H,4-5,8,12H2,1-3H3,(H2,31,36)(H,32,33,34)/t16-/m0/s1. The molecule has 0 aliphatic carbocycles. The van der Waals surface area contributed by atoms with E-state index in [2.05, 4.69) is 15.3 Å². The highest BCUT2D eigenvalue weighted by Crippen LogP contribution is 2.35. The van der Waals surface area contributed by atoms with Gasteiger partial charge in [-0.1, -0.05) is 6.07 Å². The Morgan fingerprint density at radius 3 is 2.50 bits per heavy atom. The Morgan fingerprint density at radius 2 is 1.87 bits per heavy atom. The molecule has 0 saturated carbocycles. The summed E-state index contributed by atoms with van der Waals surface area (Å²) in [4.78, 5) is 34.8. The topological polar surface area (TPSA) is 110 Å². The van der Waals surface area contributed by atoms with Crippen LogP contribution in [0.3, 0.4) is 0 Å². The predicted octanol–water partition coefficient (Wildman–Crippen LogP) is 5.37. The van der Waals surface area contributed by atoms with Crippen molar-refractivity contribution in [1.82, 2.24) is 14.9 Å². The SMILES string of the molecule is CC(C)(C)OC(=O)N1CCC[C@H](Nc2ncnc3c(C(N)=O)cc(-c4ccc(C(F)(F)F)cc4F)cc23)C1. The van der Waals surface area contributed by atoms with Crippen molar-refractivity contribution < 1.29 is 31.9 Å². The number of hydrogen-bond acceptors (Lipinski definition) is 6. The number of primary amides is 1. The largest absolute Gasteiger partial charge is 0.444 e. The second-order valence-corrected chi connectivity index (χ2v) is 10.1. The summed E-state index contributed by atoms with van der Waals surface area (Å²) in [7, 11) is 0. The van der Waals surface area contributed by atoms with Crippen molar-refractivity contribution in [2.75, 3.05) is 18.4 Å². The third kappa shape index (κ3) is 5.95. The molecule has 38 heavy (non-hydrogen) atoms. The van der Waals surface area contributed by atoms with E-state index in [1.165, 1.54) is 18.5 Å². The Labute approximate surface area is 216 Å². The molecule has 3 N–H and O–H groups in total. The molecule has 0 unspecified atom stereocenters. The van der Waals surface area contributed by atoms with Crippen molar-refractivity contribution in [3.63, 3.8) is 0 Å². The van der Waals surface area contributed by atoms with Crippen LogP contribution in [-0.4, -0.2) is 51.6 Å². The number of amides is 2. The Kier molecular flexibility index (Phi) is 7.18. The number of nitrogens with one attached hydrogen (secondary N) is 1. The van der Waals surface area contributed by atoms with Crippen molar-refractivity contribution in [2.45, 2.75) is 51.4 Å². The van der Waals surface area contributed by atoms with E-state index in [1.54, 1.807) is 25.7 Å². The van der Waals surface area contributed by atoms with E-state index in [-0.39, 0.29) is 28.2 Å². The summed E-state index contributed by atoms with van der Waals surface area (Å²) in [5.74, 6) is -1.65. The Bertz CT molecular complexity index is 1390. The van der Waals surface area contributed by atoms with Gasteiger partial charge in [0.15, 0.2) is 0 Å². The van der Waals surface area contributed by atoms with Gasteiger partial charge in [-0.3, -0.25) is 4.79 Å². The molecule has 3 aromatic rings. The number of piperidine rings is 1. The minimum absolute atomic E-state index is 0.0405. The van der Waals surface area contributed by atoms with Crippen molar-refractivity contribution >= 4 is 28.7 Å². The van der Waals surface area contributed by atoms with Gasteiger partial charge in [0.1, 0.15) is 23.6 Å². The summed E-state index contributed by atoms with van der Waals surface area (Å²) in [6, 6.07) is 4.72. The Balaban J connectivity index is 1.71. The van der Waals surface area contributed by atoms with Crippen LogP contribution in [-0.2, 0) is 10.9 Å². The molecule has 2 aromatic carbocycles. The zero-order valence-corrected chi connectivity index (χ0v) is 21.0. The maximum atomic E-state index is 14.8. The van der Waals surface area contributed by atoms with Crippen LogP contribution in [0.4, 0.5) is 28.2 Å². The van der Waals surface area contributed by atoms with Gasteiger partial charge < -0.3 is 20.7 Å². The highest BCUT2D eigenvalue weighted by atomic mass is 19.4. The zero-order valence-electron chi connectivity index (χ0n) is 21.0. The van der Waals surface area contributed by atoms with Gasteiger partial charge in [0, 0.05) is 30.1 Å². The maximum Gasteiger partial charge on any atom is 0.416 e. The first kappa shape index (κ1) is 27.1. The summed E-state index contributed by atoms with van der Waals surface area (Å²) in [5, 5.41) is 3.59. The number of halogens is 4. The molecule has 4 rings (SSSR count). The van der Waals surface area contributed by atoms with Crippen LogP contribution in [0.1, 0.15) is 49.5 Å². The highest BCUT2D eigenvalue weighted by molar-refractivity contribution is 6.09. The number of carbonyl (C=O) groups is 2. The Hall–Kier alpha value is -3.96. The van der Waals surface area contributed by atoms with Crippen LogP contribution < -0.4 is 11.1 Å². The molecule has 0 bridgehead atoms. The van der Waals surface area contributed by atoms with Crippen LogP contribution in [0.2, 0.25) is 0 Å². The number of benzene rings is 2. The predicted molar refractivity (Wildman–Crippen MR) is 133 cm³/mol. The van der Waals surface area contributed by atoms with Crippen LogP contribution in [0.25, 0.3) is 22.0 Å². The molecular weight excluding hydrogens is 506 g/mol. The molecule has 1 saturated heterocycles. The van der Waals surface area contributed by atoms with Crippen LogP contribution in [0.15, 0.2) is 36.7 Å². The van der Waals surface area contributed by atoms with Gasteiger partial charge in [0.2, 0.25) is 0 Å². The molecule has 8 nitrogen and oxygen atoms in total. The quantitative estimate of drug-likeness (QED) is 0.437. The van der Waals surface area contributed by atoms with E-state index in [1.807, 2.05) is 0 Å². The highest BCUT2D eigenvalue weighted by Gasteiger charge is 2.32. The minimum atomic E-state index is -4.71. The lowest BCUT2D eigenvalue weighted by atomic mass is 9.97. The second kappa shape index (κ2) is 10.1. The second-order valence-electron chi connectivity index (χ2n) is 10.1. The van der Waals surface area contributed by atoms with Crippen LogP contribution >= 0.6 is 0 Å². The first-order chi connectivity index (χ1) is 17.7. The van der Waals surface area contributed by atoms with Gasteiger partial charge in [-0.25, -0.2) is 19.2 Å². The summed E-state index contributed by atoms with van der Waals surface area (Å²) < 4.78 is 59.4. The molecule has 0 radical (unpaired) electrons. The maximum absolute atomic E-state index is 14.8. The van der Waals surface area contributed by atoms with E-state index in [0.29, 0.717) is 43.2 Å². The number of carbonyl (C=O) groups excluding carboxylic acids is 2. The number of nitrogens with two attached hydrogens (primary N) is 1. The number of fused-ring (bicyclic) bond motifs is 1. The molecule has 1 aliphatic rings. The molecule has 2 heterocycles. The van der Waals surface area contributed by atoms with E-state index in [4.69, 9.17) is 10.5 Å². The molecule has 1 aromatic heterocycles. The normalized spacial score (nSPS) is 16.4. The number of hydrogen-bond donors (Lipinski definition) is 2. The van der Waals surface area contributed by atoms with Gasteiger partial charge in [-0.2, -0.15) is 13.2 Å². The van der Waals surface area contributed by atoms with Crippen molar-refractivity contribution in [1.29, 1.82) is 0 Å². The monoisotopic (exact) mass is 533 g/mol. The average Bonchev–Trinajstić information content (AvgIpc) is 2.82. The summed E-state index contributed by atoms with van der Waals surface area (Å²) in [6.45, 7) is 6.21. The fraction of sp³-hybridized carbons (Fsp3) is 0.385. The third-order valence-corrected chi connectivity index (χ3v) is 6.03. The summed E-state index contributed by atoms with van der Waals surface area (Å²) in [5.41, 5.74) is 3.93. The van der Waals surface area contributed by atoms with E-state index < -0.39 is 35.2 Å². The van der Waals surface area contributed by atoms with Gasteiger partial charge in [0.25, 0.3) is 5.91 Å². The summed E-state index contributed by atoms with van der Waals surface area (Å²) >= 11 is 0. The number of alkyl halides is 3. The van der Waals surface area contributed by atoms with Crippen LogP contribution in [0.5, 0.6) is 0 Å². The van der Waals surface area contributed by atoms with Gasteiger partial charge >= 0.3 is 12.3 Å². The van der Waals surface area contributed by atoms with E-state index >= 15 is 0 Å². The smallest absolute Gasteiger partial charge is 0.416 e. The molecule has 2 amide bonds. The average molecular weight is 534 g/mol. The van der Waals surface area contributed by atoms with Crippen molar-refractivity contribution in [3.05, 3.63) is 53.6 Å². The van der Waals surface area contributed by atoms with Gasteiger partial charge in [-0.05, 0) is 63.4 Å². The summed E-state index contributed by atoms with van der Waals surface area (Å²) in [6.07, 6.45) is -2.49. The van der Waals surface area contributed by atoms with Crippen molar-refractivity contribution in [3.8, 4) is 11.1 Å². The molecule has 202 valence electrons. The molecule has 12 heteroatoms. The molecule has 1 aliphatic heterocycles. The zero-order chi connectivity index (χ0) is 27.8. The number of aromatic nitrogens is 2. The first-order valence-electron chi connectivity index (χ1n) is 11.9. The fourth-order valence-electron chi connectivity index (χ4n) is 4.33. The fourth-order valence-corrected chi connectivity index (χ4v) is 4.33. The first-order valence-corrected chi connectivity index (χ1v) is 11.9. The Morgan fingerprint density at radius 1 is 1.13 bits per heavy atom. The van der Waals surface area contributed by atoms with Gasteiger partial charge in [0.05, 0.1) is 16.6 Å². The molecular formula is C26H27F4N5O3. The molecule has 0 spiro atoms. The van der Waals surface area contributed by atoms with Crippen LogP contribution in [0, 0.1) is 5.82 Å². The minimum Gasteiger partial charge on any atom is -0.444 e. The number of likely N-dealkylation sites (tertiary alicyclic amines) is 1.